The quantitative estimate of drug-likeness (QED) is 0.818. The third kappa shape index (κ3) is 4.14. The van der Waals surface area contributed by atoms with Crippen LogP contribution < -0.4 is 11.1 Å². The monoisotopic (exact) mass is 288 g/mol. The summed E-state index contributed by atoms with van der Waals surface area (Å²) in [4.78, 5) is 23.5. The van der Waals surface area contributed by atoms with E-state index in [2.05, 4.69) is 5.32 Å². The minimum Gasteiger partial charge on any atom is -0.330 e. The zero-order valence-electron chi connectivity index (χ0n) is 12.7. The summed E-state index contributed by atoms with van der Waals surface area (Å²) in [5.41, 5.74) is 7.27. The van der Waals surface area contributed by atoms with Crippen molar-refractivity contribution >= 4 is 17.4 Å². The fourth-order valence-corrected chi connectivity index (χ4v) is 3.09. The van der Waals surface area contributed by atoms with Gasteiger partial charge >= 0.3 is 0 Å². The number of rotatable bonds is 5. The maximum Gasteiger partial charge on any atom is 0.224 e. The molecule has 0 aliphatic heterocycles. The zero-order chi connectivity index (χ0) is 15.3. The number of anilines is 1. The van der Waals surface area contributed by atoms with Gasteiger partial charge in [0.25, 0.3) is 0 Å². The second-order valence-electron chi connectivity index (χ2n) is 6.12. The Hall–Kier alpha value is -1.68. The Kier molecular flexibility index (Phi) is 5.12. The summed E-state index contributed by atoms with van der Waals surface area (Å²) >= 11 is 0. The van der Waals surface area contributed by atoms with Crippen LogP contribution in [0.15, 0.2) is 24.3 Å². The Morgan fingerprint density at radius 3 is 2.29 bits per heavy atom. The topological polar surface area (TPSA) is 72.2 Å². The van der Waals surface area contributed by atoms with Gasteiger partial charge in [-0.2, -0.15) is 0 Å². The second-order valence-corrected chi connectivity index (χ2v) is 6.12. The van der Waals surface area contributed by atoms with Gasteiger partial charge in [0.15, 0.2) is 5.78 Å². The maximum absolute atomic E-state index is 12.2. The van der Waals surface area contributed by atoms with Gasteiger partial charge in [-0.1, -0.05) is 19.3 Å². The molecule has 0 unspecified atom stereocenters. The number of nitrogens with one attached hydrogen (secondary N) is 1. The Morgan fingerprint density at radius 1 is 1.14 bits per heavy atom. The average molecular weight is 288 g/mol. The van der Waals surface area contributed by atoms with Gasteiger partial charge in [0.05, 0.1) is 0 Å². The Bertz CT molecular complexity index is 502. The molecule has 1 amide bonds. The molecule has 4 nitrogen and oxygen atoms in total. The smallest absolute Gasteiger partial charge is 0.224 e. The predicted molar refractivity (Wildman–Crippen MR) is 84.3 cm³/mol. The average Bonchev–Trinajstić information content (AvgIpc) is 2.48. The first-order chi connectivity index (χ1) is 10.0. The molecular formula is C17H24N2O2. The molecule has 3 N–H and O–H groups in total. The molecule has 1 fully saturated rings. The molecule has 2 rings (SSSR count). The summed E-state index contributed by atoms with van der Waals surface area (Å²) in [5, 5.41) is 2.91. The molecule has 0 bridgehead atoms. The molecule has 0 atom stereocenters. The standard InChI is InChI=1S/C17H24N2O2/c1-13(20)14-5-7-15(8-6-14)19-16(21)11-17(12-18)9-3-2-4-10-17/h5-8H,2-4,9-12,18H2,1H3,(H,19,21). The van der Waals surface area contributed by atoms with Crippen molar-refractivity contribution in [3.63, 3.8) is 0 Å². The molecule has 114 valence electrons. The highest BCUT2D eigenvalue weighted by molar-refractivity contribution is 5.95. The number of hydrogen-bond acceptors (Lipinski definition) is 3. The number of carbonyl (C=O) groups is 2. The molecule has 0 radical (unpaired) electrons. The van der Waals surface area contributed by atoms with Crippen molar-refractivity contribution in [2.75, 3.05) is 11.9 Å². The van der Waals surface area contributed by atoms with Gasteiger partial charge in [0, 0.05) is 17.7 Å². The molecule has 1 aromatic rings. The van der Waals surface area contributed by atoms with Crippen LogP contribution in [0.2, 0.25) is 0 Å². The molecule has 0 heterocycles. The molecule has 4 heteroatoms. The van der Waals surface area contributed by atoms with Crippen LogP contribution in [0.3, 0.4) is 0 Å². The lowest BCUT2D eigenvalue weighted by atomic mass is 9.71. The lowest BCUT2D eigenvalue weighted by molar-refractivity contribution is -0.118. The normalized spacial score (nSPS) is 17.2. The van der Waals surface area contributed by atoms with Gasteiger partial charge < -0.3 is 11.1 Å². The zero-order valence-corrected chi connectivity index (χ0v) is 12.7. The van der Waals surface area contributed by atoms with Gasteiger partial charge in [-0.05, 0) is 56.0 Å². The molecule has 1 aromatic carbocycles. The Labute approximate surface area is 126 Å². The number of amides is 1. The third-order valence-corrected chi connectivity index (χ3v) is 4.46. The number of ketones is 1. The second kappa shape index (κ2) is 6.85. The maximum atomic E-state index is 12.2. The lowest BCUT2D eigenvalue weighted by Crippen LogP contribution is -2.36. The summed E-state index contributed by atoms with van der Waals surface area (Å²) in [6.07, 6.45) is 6.14. The van der Waals surface area contributed by atoms with Crippen LogP contribution in [0.5, 0.6) is 0 Å². The van der Waals surface area contributed by atoms with E-state index in [1.54, 1.807) is 24.3 Å². The van der Waals surface area contributed by atoms with Crippen molar-refractivity contribution < 1.29 is 9.59 Å². The van der Waals surface area contributed by atoms with Crippen LogP contribution in [0.1, 0.15) is 55.8 Å². The summed E-state index contributed by atoms with van der Waals surface area (Å²) in [7, 11) is 0. The molecule has 1 saturated carbocycles. The van der Waals surface area contributed by atoms with E-state index >= 15 is 0 Å². The fraction of sp³-hybridized carbons (Fsp3) is 0.529. The number of carbonyl (C=O) groups excluding carboxylic acids is 2. The van der Waals surface area contributed by atoms with Crippen LogP contribution >= 0.6 is 0 Å². The van der Waals surface area contributed by atoms with Crippen LogP contribution in [-0.2, 0) is 4.79 Å². The van der Waals surface area contributed by atoms with Crippen LogP contribution in [0.25, 0.3) is 0 Å². The first-order valence-corrected chi connectivity index (χ1v) is 7.66. The number of nitrogens with two attached hydrogens (primary N) is 1. The first-order valence-electron chi connectivity index (χ1n) is 7.66. The Morgan fingerprint density at radius 2 is 1.76 bits per heavy atom. The van der Waals surface area contributed by atoms with Crippen LogP contribution in [0.4, 0.5) is 5.69 Å². The van der Waals surface area contributed by atoms with Crippen molar-refractivity contribution in [2.24, 2.45) is 11.1 Å². The van der Waals surface area contributed by atoms with E-state index in [9.17, 15) is 9.59 Å². The van der Waals surface area contributed by atoms with Crippen molar-refractivity contribution in [3.8, 4) is 0 Å². The molecular weight excluding hydrogens is 264 g/mol. The van der Waals surface area contributed by atoms with E-state index in [0.29, 0.717) is 18.5 Å². The highest BCUT2D eigenvalue weighted by Gasteiger charge is 2.32. The minimum atomic E-state index is -0.0261. The predicted octanol–water partition coefficient (Wildman–Crippen LogP) is 3.13. The molecule has 0 spiro atoms. The number of benzene rings is 1. The molecule has 0 aromatic heterocycles. The molecule has 1 aliphatic carbocycles. The summed E-state index contributed by atoms with van der Waals surface area (Å²) in [6, 6.07) is 7.00. The highest BCUT2D eigenvalue weighted by Crippen LogP contribution is 2.38. The van der Waals surface area contributed by atoms with Gasteiger partial charge in [-0.25, -0.2) is 0 Å². The number of hydrogen-bond donors (Lipinski definition) is 2. The minimum absolute atomic E-state index is 0.0120. The van der Waals surface area contributed by atoms with Gasteiger partial charge in [0.2, 0.25) is 5.91 Å². The fourth-order valence-electron chi connectivity index (χ4n) is 3.09. The van der Waals surface area contributed by atoms with Crippen LogP contribution in [-0.4, -0.2) is 18.2 Å². The molecule has 1 aliphatic rings. The van der Waals surface area contributed by atoms with E-state index in [4.69, 9.17) is 5.73 Å². The Balaban J connectivity index is 1.95. The summed E-state index contributed by atoms with van der Waals surface area (Å²) < 4.78 is 0. The van der Waals surface area contributed by atoms with Crippen molar-refractivity contribution in [3.05, 3.63) is 29.8 Å². The lowest BCUT2D eigenvalue weighted by Gasteiger charge is -2.35. The highest BCUT2D eigenvalue weighted by atomic mass is 16.1. The SMILES string of the molecule is CC(=O)c1ccc(NC(=O)CC2(CN)CCCCC2)cc1. The third-order valence-electron chi connectivity index (χ3n) is 4.46. The molecule has 21 heavy (non-hydrogen) atoms. The summed E-state index contributed by atoms with van der Waals surface area (Å²) in [6.45, 7) is 2.10. The van der Waals surface area contributed by atoms with Crippen molar-refractivity contribution in [1.82, 2.24) is 0 Å². The van der Waals surface area contributed by atoms with E-state index < -0.39 is 0 Å². The summed E-state index contributed by atoms with van der Waals surface area (Å²) in [5.74, 6) is 0.0371. The van der Waals surface area contributed by atoms with Crippen LogP contribution in [0, 0.1) is 5.41 Å². The van der Waals surface area contributed by atoms with Gasteiger partial charge in [0.1, 0.15) is 0 Å². The van der Waals surface area contributed by atoms with Crippen molar-refractivity contribution in [2.45, 2.75) is 45.4 Å². The first kappa shape index (κ1) is 15.7. The van der Waals surface area contributed by atoms with Gasteiger partial charge in [-0.3, -0.25) is 9.59 Å². The largest absolute Gasteiger partial charge is 0.330 e. The van der Waals surface area contributed by atoms with Crippen molar-refractivity contribution in [1.29, 1.82) is 0 Å². The van der Waals surface area contributed by atoms with E-state index in [1.807, 2.05) is 0 Å². The van der Waals surface area contributed by atoms with Gasteiger partial charge in [-0.15, -0.1) is 0 Å². The van der Waals surface area contributed by atoms with E-state index in [-0.39, 0.29) is 17.1 Å². The number of Topliss-reactive ketones (excluding diaryl/α,β-unsaturated/α-hetero) is 1. The van der Waals surface area contributed by atoms with E-state index in [1.165, 1.54) is 13.3 Å². The van der Waals surface area contributed by atoms with E-state index in [0.717, 1.165) is 31.4 Å². The molecule has 0 saturated heterocycles.